The monoisotopic (exact) mass is 340 g/mol. The molecular formula is C13H13ClN4O3S. The molecule has 0 atom stereocenters. The Labute approximate surface area is 135 Å². The van der Waals surface area contributed by atoms with Crippen LogP contribution < -0.4 is 11.4 Å². The highest BCUT2D eigenvalue weighted by Crippen LogP contribution is 2.20. The zero-order valence-corrected chi connectivity index (χ0v) is 13.0. The fraction of sp³-hybridized carbons (Fsp3) is 0.231. The van der Waals surface area contributed by atoms with E-state index in [1.165, 1.54) is 11.8 Å². The third kappa shape index (κ3) is 4.22. The van der Waals surface area contributed by atoms with E-state index >= 15 is 0 Å². The van der Waals surface area contributed by atoms with Gasteiger partial charge in [-0.05, 0) is 17.7 Å². The van der Waals surface area contributed by atoms with E-state index in [2.05, 4.69) is 10.2 Å². The molecule has 0 radical (unpaired) electrons. The van der Waals surface area contributed by atoms with Crippen LogP contribution in [0.3, 0.4) is 0 Å². The molecule has 0 aliphatic rings. The molecule has 22 heavy (non-hydrogen) atoms. The molecule has 0 spiro atoms. The number of aliphatic carboxylic acids is 1. The number of carboxylic acids is 1. The van der Waals surface area contributed by atoms with Gasteiger partial charge in [0.05, 0.1) is 6.42 Å². The number of carboxylic acid groups (broad SMARTS) is 1. The lowest BCUT2D eigenvalue weighted by molar-refractivity contribution is -0.136. The van der Waals surface area contributed by atoms with Gasteiger partial charge in [0.1, 0.15) is 5.69 Å². The normalized spacial score (nSPS) is 10.6. The first-order valence-electron chi connectivity index (χ1n) is 6.30. The van der Waals surface area contributed by atoms with Crippen molar-refractivity contribution >= 4 is 29.3 Å². The summed E-state index contributed by atoms with van der Waals surface area (Å²) >= 11 is 7.07. The third-order valence-electron chi connectivity index (χ3n) is 2.78. The van der Waals surface area contributed by atoms with Crippen molar-refractivity contribution in [2.75, 3.05) is 5.84 Å². The van der Waals surface area contributed by atoms with Crippen LogP contribution in [0.15, 0.2) is 34.2 Å². The van der Waals surface area contributed by atoms with Crippen LogP contribution in [0.2, 0.25) is 5.02 Å². The molecule has 1 heterocycles. The number of benzene rings is 1. The second kappa shape index (κ2) is 7.28. The fourth-order valence-corrected chi connectivity index (χ4v) is 2.56. The van der Waals surface area contributed by atoms with E-state index in [0.717, 1.165) is 10.2 Å². The number of hydrogen-bond donors (Lipinski definition) is 2. The maximum absolute atomic E-state index is 12.0. The SMILES string of the molecule is Nn1c(SCc2ccc(Cl)cc2)nnc(CCC(=O)O)c1=O. The lowest BCUT2D eigenvalue weighted by Gasteiger charge is -2.07. The summed E-state index contributed by atoms with van der Waals surface area (Å²) in [6.07, 6.45) is -0.193. The molecule has 2 rings (SSSR count). The van der Waals surface area contributed by atoms with E-state index in [0.29, 0.717) is 10.8 Å². The molecule has 0 unspecified atom stereocenters. The molecule has 3 N–H and O–H groups in total. The number of nitrogen functional groups attached to an aromatic ring is 1. The van der Waals surface area contributed by atoms with Gasteiger partial charge in [-0.1, -0.05) is 35.5 Å². The first-order valence-corrected chi connectivity index (χ1v) is 7.66. The minimum Gasteiger partial charge on any atom is -0.481 e. The van der Waals surface area contributed by atoms with Crippen molar-refractivity contribution in [2.24, 2.45) is 0 Å². The Bertz CT molecular complexity index is 733. The van der Waals surface area contributed by atoms with E-state index < -0.39 is 11.5 Å². The summed E-state index contributed by atoms with van der Waals surface area (Å²) in [5.74, 6) is 5.23. The molecule has 7 nitrogen and oxygen atoms in total. The van der Waals surface area contributed by atoms with E-state index in [9.17, 15) is 9.59 Å². The minimum atomic E-state index is -1.01. The van der Waals surface area contributed by atoms with Gasteiger partial charge >= 0.3 is 5.97 Å². The Morgan fingerprint density at radius 1 is 1.32 bits per heavy atom. The summed E-state index contributed by atoms with van der Waals surface area (Å²) in [6, 6.07) is 7.27. The van der Waals surface area contributed by atoms with E-state index in [-0.39, 0.29) is 23.7 Å². The summed E-state index contributed by atoms with van der Waals surface area (Å²) in [4.78, 5) is 22.5. The molecule has 0 aliphatic heterocycles. The number of thioether (sulfide) groups is 1. The van der Waals surface area contributed by atoms with Crippen molar-refractivity contribution in [3.8, 4) is 0 Å². The molecule has 0 saturated carbocycles. The van der Waals surface area contributed by atoms with Crippen molar-refractivity contribution in [3.05, 3.63) is 50.9 Å². The lowest BCUT2D eigenvalue weighted by atomic mass is 10.2. The summed E-state index contributed by atoms with van der Waals surface area (Å²) in [6.45, 7) is 0. The molecule has 9 heteroatoms. The number of nitrogens with zero attached hydrogens (tertiary/aromatic N) is 3. The van der Waals surface area contributed by atoms with Crippen LogP contribution in [0.25, 0.3) is 0 Å². The molecule has 0 bridgehead atoms. The average molecular weight is 341 g/mol. The van der Waals surface area contributed by atoms with Crippen molar-refractivity contribution in [2.45, 2.75) is 23.8 Å². The number of hydrogen-bond acceptors (Lipinski definition) is 6. The van der Waals surface area contributed by atoms with Gasteiger partial charge in [-0.2, -0.15) is 4.68 Å². The number of aromatic nitrogens is 3. The van der Waals surface area contributed by atoms with Gasteiger partial charge in [-0.15, -0.1) is 10.2 Å². The maximum Gasteiger partial charge on any atom is 0.303 e. The van der Waals surface area contributed by atoms with Crippen molar-refractivity contribution in [1.82, 2.24) is 14.9 Å². The molecule has 0 aliphatic carbocycles. The first kappa shape index (κ1) is 16.3. The number of aryl methyl sites for hydroxylation is 1. The number of carbonyl (C=O) groups is 1. The first-order chi connectivity index (χ1) is 10.5. The summed E-state index contributed by atoms with van der Waals surface area (Å²) in [5, 5.41) is 17.2. The average Bonchev–Trinajstić information content (AvgIpc) is 2.49. The smallest absolute Gasteiger partial charge is 0.303 e. The highest BCUT2D eigenvalue weighted by Gasteiger charge is 2.12. The lowest BCUT2D eigenvalue weighted by Crippen LogP contribution is -2.33. The van der Waals surface area contributed by atoms with Gasteiger partial charge in [0.25, 0.3) is 5.56 Å². The molecule has 0 saturated heterocycles. The Hall–Kier alpha value is -2.06. The van der Waals surface area contributed by atoms with Gasteiger partial charge in [-0.25, -0.2) is 0 Å². The van der Waals surface area contributed by atoms with Gasteiger partial charge in [-0.3, -0.25) is 9.59 Å². The fourth-order valence-electron chi connectivity index (χ4n) is 1.63. The molecule has 0 fully saturated rings. The zero-order valence-electron chi connectivity index (χ0n) is 11.4. The maximum atomic E-state index is 12.0. The van der Waals surface area contributed by atoms with Crippen LogP contribution in [0.4, 0.5) is 0 Å². The molecule has 0 amide bonds. The molecule has 1 aromatic carbocycles. The van der Waals surface area contributed by atoms with Gasteiger partial charge < -0.3 is 10.9 Å². The van der Waals surface area contributed by atoms with Crippen molar-refractivity contribution in [3.63, 3.8) is 0 Å². The Balaban J connectivity index is 2.08. The van der Waals surface area contributed by atoms with Gasteiger partial charge in [0, 0.05) is 17.2 Å². The summed E-state index contributed by atoms with van der Waals surface area (Å²) in [7, 11) is 0. The van der Waals surface area contributed by atoms with Crippen LogP contribution in [0, 0.1) is 0 Å². The van der Waals surface area contributed by atoms with Gasteiger partial charge in [0.2, 0.25) is 5.16 Å². The topological polar surface area (TPSA) is 111 Å². The van der Waals surface area contributed by atoms with Gasteiger partial charge in [0.15, 0.2) is 0 Å². The Morgan fingerprint density at radius 2 is 2.00 bits per heavy atom. The quantitative estimate of drug-likeness (QED) is 0.602. The number of nitrogens with two attached hydrogens (primary N) is 1. The highest BCUT2D eigenvalue weighted by molar-refractivity contribution is 7.98. The highest BCUT2D eigenvalue weighted by atomic mass is 35.5. The second-order valence-corrected chi connectivity index (χ2v) is 5.79. The van der Waals surface area contributed by atoms with Crippen LogP contribution in [-0.2, 0) is 17.0 Å². The van der Waals surface area contributed by atoms with E-state index in [4.69, 9.17) is 22.6 Å². The van der Waals surface area contributed by atoms with Crippen LogP contribution in [-0.4, -0.2) is 25.9 Å². The summed E-state index contributed by atoms with van der Waals surface area (Å²) < 4.78 is 0.894. The molecule has 116 valence electrons. The Kier molecular flexibility index (Phi) is 5.40. The predicted octanol–water partition coefficient (Wildman–Crippen LogP) is 1.32. The van der Waals surface area contributed by atoms with Crippen LogP contribution in [0.1, 0.15) is 17.7 Å². The van der Waals surface area contributed by atoms with Crippen molar-refractivity contribution < 1.29 is 9.90 Å². The van der Waals surface area contributed by atoms with E-state index in [1.54, 1.807) is 12.1 Å². The third-order valence-corrected chi connectivity index (χ3v) is 4.05. The summed E-state index contributed by atoms with van der Waals surface area (Å²) in [5.41, 5.74) is 0.509. The molecule has 1 aromatic heterocycles. The molecule has 2 aromatic rings. The molecular weight excluding hydrogens is 328 g/mol. The predicted molar refractivity (Wildman–Crippen MR) is 83.4 cm³/mol. The number of halogens is 1. The number of rotatable bonds is 6. The van der Waals surface area contributed by atoms with E-state index in [1.807, 2.05) is 12.1 Å². The second-order valence-electron chi connectivity index (χ2n) is 4.41. The van der Waals surface area contributed by atoms with Crippen LogP contribution in [0.5, 0.6) is 0 Å². The Morgan fingerprint density at radius 3 is 2.64 bits per heavy atom. The minimum absolute atomic E-state index is 0.000494. The zero-order chi connectivity index (χ0) is 16.1. The van der Waals surface area contributed by atoms with Crippen molar-refractivity contribution in [1.29, 1.82) is 0 Å². The largest absolute Gasteiger partial charge is 0.481 e. The standard InChI is InChI=1S/C13H13ClN4O3S/c14-9-3-1-8(2-4-9)7-22-13-17-16-10(5-6-11(19)20)12(21)18(13)15/h1-4H,5-7,15H2,(H,19,20). The van der Waals surface area contributed by atoms with Crippen LogP contribution >= 0.6 is 23.4 Å².